The quantitative estimate of drug-likeness (QED) is 0.742. The van der Waals surface area contributed by atoms with Crippen LogP contribution in [0.2, 0.25) is 0 Å². The molecule has 0 unspecified atom stereocenters. The predicted molar refractivity (Wildman–Crippen MR) is 101 cm³/mol. The van der Waals surface area contributed by atoms with Crippen molar-refractivity contribution < 1.29 is 13.2 Å². The van der Waals surface area contributed by atoms with Gasteiger partial charge in [0.1, 0.15) is 0 Å². The van der Waals surface area contributed by atoms with Crippen LogP contribution in [-0.2, 0) is 21.2 Å². The van der Waals surface area contributed by atoms with E-state index in [0.717, 1.165) is 24.8 Å². The molecule has 25 heavy (non-hydrogen) atoms. The minimum absolute atomic E-state index is 0. The molecule has 142 valence electrons. The predicted octanol–water partition coefficient (Wildman–Crippen LogP) is 1.68. The van der Waals surface area contributed by atoms with Crippen LogP contribution < -0.4 is 11.1 Å². The molecule has 0 aromatic heterocycles. The van der Waals surface area contributed by atoms with E-state index in [1.165, 1.54) is 0 Å². The first-order valence-electron chi connectivity index (χ1n) is 8.52. The highest BCUT2D eigenvalue weighted by Gasteiger charge is 2.25. The number of hydrogen-bond acceptors (Lipinski definition) is 4. The van der Waals surface area contributed by atoms with Gasteiger partial charge < -0.3 is 11.1 Å². The number of halogens is 1. The smallest absolute Gasteiger partial charge is 0.243 e. The number of nitrogens with two attached hydrogens (primary N) is 1. The van der Waals surface area contributed by atoms with E-state index in [0.29, 0.717) is 37.4 Å². The molecule has 1 aliphatic rings. The molecule has 1 amide bonds. The second-order valence-electron chi connectivity index (χ2n) is 6.31. The van der Waals surface area contributed by atoms with E-state index in [1.807, 2.05) is 6.92 Å². The third-order valence-electron chi connectivity index (χ3n) is 4.28. The van der Waals surface area contributed by atoms with Gasteiger partial charge in [0.05, 0.1) is 4.90 Å². The van der Waals surface area contributed by atoms with Gasteiger partial charge in [-0.25, -0.2) is 8.42 Å². The molecular formula is C17H28ClN3O3S. The van der Waals surface area contributed by atoms with E-state index < -0.39 is 10.0 Å². The number of amides is 1. The minimum Gasteiger partial charge on any atom is -0.352 e. The molecule has 1 atom stereocenters. The summed E-state index contributed by atoms with van der Waals surface area (Å²) < 4.78 is 26.7. The number of benzene rings is 1. The number of nitrogens with one attached hydrogen (secondary N) is 1. The summed E-state index contributed by atoms with van der Waals surface area (Å²) in [7, 11) is -3.39. The van der Waals surface area contributed by atoms with Crippen molar-refractivity contribution >= 4 is 28.3 Å². The molecule has 0 aliphatic carbocycles. The van der Waals surface area contributed by atoms with Crippen LogP contribution in [0.15, 0.2) is 29.2 Å². The van der Waals surface area contributed by atoms with Crippen molar-refractivity contribution in [1.29, 1.82) is 0 Å². The molecular weight excluding hydrogens is 362 g/mol. The summed E-state index contributed by atoms with van der Waals surface area (Å²) in [5, 5.41) is 2.81. The Bertz CT molecular complexity index is 644. The van der Waals surface area contributed by atoms with Crippen molar-refractivity contribution in [3.05, 3.63) is 29.8 Å². The van der Waals surface area contributed by atoms with Gasteiger partial charge in [0.15, 0.2) is 0 Å². The van der Waals surface area contributed by atoms with E-state index in [4.69, 9.17) is 5.73 Å². The SMILES string of the molecule is C[C@@H](CN)NC(=O)CCc1ccc(S(=O)(=O)N2CCCCC2)cc1.Cl. The molecule has 1 aromatic rings. The van der Waals surface area contributed by atoms with Crippen LogP contribution in [0.1, 0.15) is 38.2 Å². The lowest BCUT2D eigenvalue weighted by atomic mass is 10.1. The molecule has 1 aromatic carbocycles. The molecule has 0 radical (unpaired) electrons. The molecule has 0 spiro atoms. The van der Waals surface area contributed by atoms with E-state index in [1.54, 1.807) is 28.6 Å². The molecule has 3 N–H and O–H groups in total. The zero-order valence-corrected chi connectivity index (χ0v) is 16.2. The van der Waals surface area contributed by atoms with Crippen molar-refractivity contribution in [3.8, 4) is 0 Å². The van der Waals surface area contributed by atoms with E-state index in [2.05, 4.69) is 5.32 Å². The number of carbonyl (C=O) groups excluding carboxylic acids is 1. The number of aryl methyl sites for hydroxylation is 1. The maximum atomic E-state index is 12.6. The van der Waals surface area contributed by atoms with Gasteiger partial charge in [-0.2, -0.15) is 4.31 Å². The highest BCUT2D eigenvalue weighted by Crippen LogP contribution is 2.21. The molecule has 1 saturated heterocycles. The zero-order valence-electron chi connectivity index (χ0n) is 14.6. The summed E-state index contributed by atoms with van der Waals surface area (Å²) in [6, 6.07) is 6.82. The normalized spacial score (nSPS) is 16.7. The number of nitrogens with zero attached hydrogens (tertiary/aromatic N) is 1. The van der Waals surface area contributed by atoms with Gasteiger partial charge in [0, 0.05) is 32.1 Å². The lowest BCUT2D eigenvalue weighted by molar-refractivity contribution is -0.121. The summed E-state index contributed by atoms with van der Waals surface area (Å²) in [5.41, 5.74) is 6.42. The van der Waals surface area contributed by atoms with Gasteiger partial charge in [-0.15, -0.1) is 12.4 Å². The van der Waals surface area contributed by atoms with Gasteiger partial charge in [-0.05, 0) is 43.9 Å². The Kier molecular flexibility index (Phi) is 8.85. The lowest BCUT2D eigenvalue weighted by Crippen LogP contribution is -2.37. The highest BCUT2D eigenvalue weighted by molar-refractivity contribution is 7.89. The maximum absolute atomic E-state index is 12.6. The number of hydrogen-bond donors (Lipinski definition) is 2. The van der Waals surface area contributed by atoms with Crippen molar-refractivity contribution in [1.82, 2.24) is 9.62 Å². The summed E-state index contributed by atoms with van der Waals surface area (Å²) in [6.45, 7) is 3.47. The summed E-state index contributed by atoms with van der Waals surface area (Å²) >= 11 is 0. The molecule has 6 nitrogen and oxygen atoms in total. The van der Waals surface area contributed by atoms with Gasteiger partial charge >= 0.3 is 0 Å². The summed E-state index contributed by atoms with van der Waals surface area (Å²) in [4.78, 5) is 12.1. The molecule has 1 aliphatic heterocycles. The number of piperidine rings is 1. The van der Waals surface area contributed by atoms with E-state index >= 15 is 0 Å². The lowest BCUT2D eigenvalue weighted by Gasteiger charge is -2.25. The highest BCUT2D eigenvalue weighted by atomic mass is 35.5. The fourth-order valence-electron chi connectivity index (χ4n) is 2.75. The minimum atomic E-state index is -3.39. The first-order chi connectivity index (χ1) is 11.4. The van der Waals surface area contributed by atoms with Crippen LogP contribution >= 0.6 is 12.4 Å². The Labute approximate surface area is 156 Å². The average molecular weight is 390 g/mol. The number of carbonyl (C=O) groups is 1. The van der Waals surface area contributed by atoms with Crippen LogP contribution in [0.25, 0.3) is 0 Å². The first kappa shape index (κ1) is 21.9. The Morgan fingerprint density at radius 2 is 1.80 bits per heavy atom. The molecule has 8 heteroatoms. The second-order valence-corrected chi connectivity index (χ2v) is 8.25. The number of rotatable bonds is 7. The third kappa shape index (κ3) is 6.26. The Hall–Kier alpha value is -1.15. The van der Waals surface area contributed by atoms with Gasteiger partial charge in [0.25, 0.3) is 0 Å². The topological polar surface area (TPSA) is 92.5 Å². The molecule has 1 fully saturated rings. The second kappa shape index (κ2) is 10.1. The number of sulfonamides is 1. The van der Waals surface area contributed by atoms with Crippen molar-refractivity contribution in [2.75, 3.05) is 19.6 Å². The van der Waals surface area contributed by atoms with E-state index in [9.17, 15) is 13.2 Å². The van der Waals surface area contributed by atoms with Crippen molar-refractivity contribution in [2.45, 2.75) is 50.0 Å². The fourth-order valence-corrected chi connectivity index (χ4v) is 4.26. The Morgan fingerprint density at radius 3 is 2.36 bits per heavy atom. The maximum Gasteiger partial charge on any atom is 0.243 e. The zero-order chi connectivity index (χ0) is 17.6. The molecule has 2 rings (SSSR count). The third-order valence-corrected chi connectivity index (χ3v) is 6.19. The van der Waals surface area contributed by atoms with Crippen LogP contribution in [0, 0.1) is 0 Å². The fraction of sp³-hybridized carbons (Fsp3) is 0.588. The van der Waals surface area contributed by atoms with Gasteiger partial charge in [0.2, 0.25) is 15.9 Å². The summed E-state index contributed by atoms with van der Waals surface area (Å²) in [6.07, 6.45) is 3.88. The van der Waals surface area contributed by atoms with Crippen LogP contribution in [0.3, 0.4) is 0 Å². The molecule has 0 saturated carbocycles. The van der Waals surface area contributed by atoms with Crippen molar-refractivity contribution in [2.24, 2.45) is 5.73 Å². The standard InChI is InChI=1S/C17H27N3O3S.ClH/c1-14(13-18)19-17(21)10-7-15-5-8-16(9-6-15)24(22,23)20-11-3-2-4-12-20;/h5-6,8-9,14H,2-4,7,10-13,18H2,1H3,(H,19,21);1H/t14-;/m0./s1. The van der Waals surface area contributed by atoms with Crippen molar-refractivity contribution in [3.63, 3.8) is 0 Å². The van der Waals surface area contributed by atoms with Crippen LogP contribution in [0.5, 0.6) is 0 Å². The Morgan fingerprint density at radius 1 is 1.20 bits per heavy atom. The van der Waals surface area contributed by atoms with Gasteiger partial charge in [-0.3, -0.25) is 4.79 Å². The summed E-state index contributed by atoms with van der Waals surface area (Å²) in [5.74, 6) is -0.0436. The average Bonchev–Trinajstić information content (AvgIpc) is 2.61. The first-order valence-corrected chi connectivity index (χ1v) is 9.96. The monoisotopic (exact) mass is 389 g/mol. The largest absolute Gasteiger partial charge is 0.352 e. The Balaban J connectivity index is 0.00000312. The van der Waals surface area contributed by atoms with E-state index in [-0.39, 0.29) is 24.4 Å². The molecule has 0 bridgehead atoms. The van der Waals surface area contributed by atoms with Crippen LogP contribution in [0.4, 0.5) is 0 Å². The molecule has 1 heterocycles. The van der Waals surface area contributed by atoms with Gasteiger partial charge in [-0.1, -0.05) is 18.6 Å². The van der Waals surface area contributed by atoms with Crippen LogP contribution in [-0.4, -0.2) is 44.3 Å².